The lowest BCUT2D eigenvalue weighted by molar-refractivity contribution is 0.0693. The second-order valence-electron chi connectivity index (χ2n) is 4.12. The van der Waals surface area contributed by atoms with Crippen LogP contribution in [0.25, 0.3) is 0 Å². The van der Waals surface area contributed by atoms with Crippen LogP contribution in [0, 0.1) is 0 Å². The quantitative estimate of drug-likeness (QED) is 0.449. The van der Waals surface area contributed by atoms with E-state index in [1.807, 2.05) is 0 Å². The molecule has 0 atom stereocenters. The molecule has 0 fully saturated rings. The zero-order chi connectivity index (χ0) is 15.0. The molecule has 0 aliphatic carbocycles. The van der Waals surface area contributed by atoms with Crippen molar-refractivity contribution in [2.24, 2.45) is 0 Å². The molecule has 0 aromatic heterocycles. The van der Waals surface area contributed by atoms with E-state index in [1.165, 1.54) is 18.2 Å². The van der Waals surface area contributed by atoms with E-state index < -0.39 is 12.0 Å². The van der Waals surface area contributed by atoms with E-state index in [9.17, 15) is 14.7 Å². The topological polar surface area (TPSA) is 108 Å². The van der Waals surface area contributed by atoms with Gasteiger partial charge < -0.3 is 25.6 Å². The zero-order valence-electron chi connectivity index (χ0n) is 11.2. The van der Waals surface area contributed by atoms with Crippen LogP contribution in [0.3, 0.4) is 0 Å². The number of carboxylic acid groups (broad SMARTS) is 1. The average molecular weight is 282 g/mol. The number of unbranched alkanes of at least 4 members (excludes halogenated alkanes) is 1. The van der Waals surface area contributed by atoms with E-state index in [4.69, 9.17) is 9.84 Å². The van der Waals surface area contributed by atoms with E-state index in [-0.39, 0.29) is 11.3 Å². The molecule has 0 radical (unpaired) electrons. The molecule has 0 heterocycles. The molecule has 4 N–H and O–H groups in total. The van der Waals surface area contributed by atoms with E-state index in [1.54, 1.807) is 7.11 Å². The van der Waals surface area contributed by atoms with Crippen molar-refractivity contribution in [1.82, 2.24) is 5.32 Å². The molecule has 7 heteroatoms. The number of urea groups is 1. The van der Waals surface area contributed by atoms with Gasteiger partial charge in [-0.25, -0.2) is 9.59 Å². The Morgan fingerprint density at radius 3 is 2.70 bits per heavy atom. The fraction of sp³-hybridized carbons (Fsp3) is 0.385. The van der Waals surface area contributed by atoms with Gasteiger partial charge in [-0.1, -0.05) is 0 Å². The first kappa shape index (κ1) is 15.8. The van der Waals surface area contributed by atoms with Crippen molar-refractivity contribution >= 4 is 17.7 Å². The molecule has 0 saturated heterocycles. The van der Waals surface area contributed by atoms with Gasteiger partial charge >= 0.3 is 12.0 Å². The van der Waals surface area contributed by atoms with Crippen LogP contribution < -0.4 is 10.6 Å². The van der Waals surface area contributed by atoms with Crippen LogP contribution in [0.4, 0.5) is 10.5 Å². The van der Waals surface area contributed by atoms with Gasteiger partial charge in [-0.2, -0.15) is 0 Å². The number of anilines is 1. The predicted molar refractivity (Wildman–Crippen MR) is 73.2 cm³/mol. The molecule has 2 amide bonds. The minimum absolute atomic E-state index is 0.261. The lowest BCUT2D eigenvalue weighted by atomic mass is 10.2. The molecule has 1 rings (SSSR count). The van der Waals surface area contributed by atoms with Gasteiger partial charge in [0.1, 0.15) is 11.3 Å². The van der Waals surface area contributed by atoms with Crippen LogP contribution in [0.2, 0.25) is 0 Å². The van der Waals surface area contributed by atoms with Crippen molar-refractivity contribution in [2.75, 3.05) is 25.6 Å². The van der Waals surface area contributed by atoms with Crippen LogP contribution in [0.1, 0.15) is 23.2 Å². The maximum absolute atomic E-state index is 11.5. The highest BCUT2D eigenvalue weighted by molar-refractivity contribution is 5.95. The standard InChI is InChI=1S/C13H18N2O5/c1-20-7-3-2-6-14-13(19)15-9-4-5-11(16)10(8-9)12(17)18/h4-5,8,16H,2-3,6-7H2,1H3,(H,17,18)(H2,14,15,19). The van der Waals surface area contributed by atoms with Crippen molar-refractivity contribution in [1.29, 1.82) is 0 Å². The third-order valence-corrected chi connectivity index (χ3v) is 2.55. The monoisotopic (exact) mass is 282 g/mol. The molecular formula is C13H18N2O5. The molecule has 0 aliphatic rings. The van der Waals surface area contributed by atoms with Crippen LogP contribution in [0.15, 0.2) is 18.2 Å². The number of amides is 2. The summed E-state index contributed by atoms with van der Waals surface area (Å²) >= 11 is 0. The Balaban J connectivity index is 2.46. The number of carboxylic acids is 1. The number of phenols is 1. The first-order chi connectivity index (χ1) is 9.54. The van der Waals surface area contributed by atoms with Gasteiger partial charge in [0.05, 0.1) is 0 Å². The lowest BCUT2D eigenvalue weighted by Gasteiger charge is -2.08. The van der Waals surface area contributed by atoms with E-state index in [2.05, 4.69) is 10.6 Å². The van der Waals surface area contributed by atoms with Gasteiger partial charge in [0.2, 0.25) is 0 Å². The highest BCUT2D eigenvalue weighted by Gasteiger charge is 2.11. The molecule has 0 bridgehead atoms. The Labute approximate surface area is 116 Å². The summed E-state index contributed by atoms with van der Waals surface area (Å²) in [5.41, 5.74) is 0.0393. The number of benzene rings is 1. The van der Waals surface area contributed by atoms with Crippen molar-refractivity contribution in [3.05, 3.63) is 23.8 Å². The largest absolute Gasteiger partial charge is 0.507 e. The van der Waals surface area contributed by atoms with E-state index >= 15 is 0 Å². The summed E-state index contributed by atoms with van der Waals surface area (Å²) in [5, 5.41) is 23.3. The molecule has 0 saturated carbocycles. The lowest BCUT2D eigenvalue weighted by Crippen LogP contribution is -2.29. The number of aromatic hydroxyl groups is 1. The number of hydrogen-bond donors (Lipinski definition) is 4. The van der Waals surface area contributed by atoms with Gasteiger partial charge in [0.25, 0.3) is 0 Å². The van der Waals surface area contributed by atoms with Gasteiger partial charge in [0, 0.05) is 25.9 Å². The number of rotatable bonds is 7. The van der Waals surface area contributed by atoms with Crippen LogP contribution in [0.5, 0.6) is 5.75 Å². The number of carbonyl (C=O) groups excluding carboxylic acids is 1. The second kappa shape index (κ2) is 8.00. The second-order valence-corrected chi connectivity index (χ2v) is 4.12. The molecule has 110 valence electrons. The van der Waals surface area contributed by atoms with Gasteiger partial charge in [-0.3, -0.25) is 0 Å². The number of aromatic carboxylic acids is 1. The van der Waals surface area contributed by atoms with Crippen molar-refractivity contribution in [3.63, 3.8) is 0 Å². The summed E-state index contributed by atoms with van der Waals surface area (Å²) in [6.07, 6.45) is 1.64. The number of nitrogens with one attached hydrogen (secondary N) is 2. The summed E-state index contributed by atoms with van der Waals surface area (Å²) in [6.45, 7) is 1.14. The molecule has 0 spiro atoms. The Bertz CT molecular complexity index is 476. The van der Waals surface area contributed by atoms with Crippen LogP contribution in [-0.2, 0) is 4.74 Å². The fourth-order valence-electron chi connectivity index (χ4n) is 1.53. The maximum Gasteiger partial charge on any atom is 0.339 e. The van der Waals surface area contributed by atoms with E-state index in [0.29, 0.717) is 18.8 Å². The molecule has 0 unspecified atom stereocenters. The Morgan fingerprint density at radius 1 is 1.30 bits per heavy atom. The third-order valence-electron chi connectivity index (χ3n) is 2.55. The van der Waals surface area contributed by atoms with Gasteiger partial charge in [-0.05, 0) is 31.0 Å². The highest BCUT2D eigenvalue weighted by Crippen LogP contribution is 2.21. The molecule has 0 aliphatic heterocycles. The Morgan fingerprint density at radius 2 is 2.05 bits per heavy atom. The summed E-state index contributed by atoms with van der Waals surface area (Å²) in [5.74, 6) is -1.60. The van der Waals surface area contributed by atoms with Crippen molar-refractivity contribution < 1.29 is 24.5 Å². The number of methoxy groups -OCH3 is 1. The zero-order valence-corrected chi connectivity index (χ0v) is 11.2. The summed E-state index contributed by atoms with van der Waals surface area (Å²) in [6, 6.07) is 3.41. The Kier molecular flexibility index (Phi) is 6.31. The van der Waals surface area contributed by atoms with Crippen LogP contribution >= 0.6 is 0 Å². The van der Waals surface area contributed by atoms with Crippen molar-refractivity contribution in [3.8, 4) is 5.75 Å². The number of hydrogen-bond acceptors (Lipinski definition) is 4. The third kappa shape index (κ3) is 5.15. The first-order valence-electron chi connectivity index (χ1n) is 6.14. The fourth-order valence-corrected chi connectivity index (χ4v) is 1.53. The number of ether oxygens (including phenoxy) is 1. The summed E-state index contributed by atoms with van der Waals surface area (Å²) in [7, 11) is 1.62. The molecule has 1 aromatic carbocycles. The smallest absolute Gasteiger partial charge is 0.339 e. The summed E-state index contributed by atoms with van der Waals surface area (Å²) in [4.78, 5) is 22.4. The van der Waals surface area contributed by atoms with Crippen molar-refractivity contribution in [2.45, 2.75) is 12.8 Å². The highest BCUT2D eigenvalue weighted by atomic mass is 16.5. The normalized spacial score (nSPS) is 10.1. The first-order valence-corrected chi connectivity index (χ1v) is 6.14. The molecule has 20 heavy (non-hydrogen) atoms. The minimum Gasteiger partial charge on any atom is -0.507 e. The SMILES string of the molecule is COCCCCNC(=O)Nc1ccc(O)c(C(=O)O)c1. The predicted octanol–water partition coefficient (Wildman–Crippen LogP) is 1.64. The molecule has 1 aromatic rings. The minimum atomic E-state index is -1.26. The molecule has 7 nitrogen and oxygen atoms in total. The van der Waals surface area contributed by atoms with E-state index in [0.717, 1.165) is 12.8 Å². The van der Waals surface area contributed by atoms with Crippen LogP contribution in [-0.4, -0.2) is 42.5 Å². The Hall–Kier alpha value is -2.28. The average Bonchev–Trinajstić information content (AvgIpc) is 2.40. The summed E-state index contributed by atoms with van der Waals surface area (Å²) < 4.78 is 4.88. The van der Waals surface area contributed by atoms with Gasteiger partial charge in [-0.15, -0.1) is 0 Å². The number of carbonyl (C=O) groups is 2. The van der Waals surface area contributed by atoms with Gasteiger partial charge in [0.15, 0.2) is 0 Å². The molecular weight excluding hydrogens is 264 g/mol. The maximum atomic E-state index is 11.5.